The van der Waals surface area contributed by atoms with Crippen LogP contribution in [0.3, 0.4) is 0 Å². The van der Waals surface area contributed by atoms with Crippen molar-refractivity contribution in [3.63, 3.8) is 0 Å². The van der Waals surface area contributed by atoms with Gasteiger partial charge in [0, 0.05) is 24.7 Å². The molecule has 8 nitrogen and oxygen atoms in total. The van der Waals surface area contributed by atoms with Crippen LogP contribution in [0.4, 0.5) is 0 Å². The van der Waals surface area contributed by atoms with Gasteiger partial charge in [0.05, 0.1) is 19.3 Å². The largest absolute Gasteiger partial charge is 0.457 e. The summed E-state index contributed by atoms with van der Waals surface area (Å²) in [7, 11) is 0. The predicted octanol–water partition coefficient (Wildman–Crippen LogP) is 3.33. The van der Waals surface area contributed by atoms with E-state index in [2.05, 4.69) is 30.0 Å². The fourth-order valence-electron chi connectivity index (χ4n) is 4.16. The number of allylic oxidation sites excluding steroid dienone is 2. The smallest absolute Gasteiger partial charge is 0.306 e. The van der Waals surface area contributed by atoms with Gasteiger partial charge in [-0.25, -0.2) is 14.7 Å². The van der Waals surface area contributed by atoms with Crippen LogP contribution in [0.5, 0.6) is 0 Å². The third-order valence-corrected chi connectivity index (χ3v) is 5.98. The van der Waals surface area contributed by atoms with E-state index >= 15 is 0 Å². The standard InChI is InChI=1S/C23H38O8/c1-2-3-6-9-17(29-27)12-13-20-19(21-14-22(20)31-30-21)10-7-4-5-8-11-23(26)28-18(15-24)16-25/h4,7,12-13,17-22,24-25,27H,2-3,5-6,8-11,14-16H2,1H3. The molecular weight excluding hydrogens is 404 g/mol. The molecular formula is C23H38O8. The molecule has 0 aromatic carbocycles. The number of esters is 1. The van der Waals surface area contributed by atoms with Crippen LogP contribution in [0.2, 0.25) is 0 Å². The van der Waals surface area contributed by atoms with Gasteiger partial charge in [-0.3, -0.25) is 10.1 Å². The van der Waals surface area contributed by atoms with Gasteiger partial charge >= 0.3 is 5.97 Å². The van der Waals surface area contributed by atoms with Gasteiger partial charge in [0.15, 0.2) is 0 Å². The lowest BCUT2D eigenvalue weighted by Gasteiger charge is -2.27. The summed E-state index contributed by atoms with van der Waals surface area (Å²) < 4.78 is 4.94. The number of hydrogen-bond acceptors (Lipinski definition) is 8. The Morgan fingerprint density at radius 2 is 1.90 bits per heavy atom. The fourth-order valence-corrected chi connectivity index (χ4v) is 4.16. The van der Waals surface area contributed by atoms with Gasteiger partial charge in [0.2, 0.25) is 0 Å². The van der Waals surface area contributed by atoms with Crippen molar-refractivity contribution in [3.05, 3.63) is 24.3 Å². The molecule has 0 aromatic heterocycles. The van der Waals surface area contributed by atoms with Crippen molar-refractivity contribution in [1.29, 1.82) is 0 Å². The van der Waals surface area contributed by atoms with Gasteiger partial charge in [-0.2, -0.15) is 0 Å². The number of carbonyl (C=O) groups excluding carboxylic acids is 1. The number of fused-ring (bicyclic) bond motifs is 2. The lowest BCUT2D eigenvalue weighted by Crippen LogP contribution is -2.29. The van der Waals surface area contributed by atoms with Crippen molar-refractivity contribution < 1.29 is 39.7 Å². The molecule has 3 N–H and O–H groups in total. The lowest BCUT2D eigenvalue weighted by molar-refractivity contribution is -0.336. The highest BCUT2D eigenvalue weighted by Gasteiger charge is 2.49. The van der Waals surface area contributed by atoms with Crippen LogP contribution in [0.15, 0.2) is 24.3 Å². The van der Waals surface area contributed by atoms with Crippen LogP contribution in [0.25, 0.3) is 0 Å². The van der Waals surface area contributed by atoms with E-state index in [1.165, 1.54) is 0 Å². The molecule has 2 rings (SSSR count). The van der Waals surface area contributed by atoms with E-state index in [0.29, 0.717) is 12.3 Å². The van der Waals surface area contributed by atoms with Crippen LogP contribution in [-0.2, 0) is 24.2 Å². The van der Waals surface area contributed by atoms with Gasteiger partial charge in [0.1, 0.15) is 18.3 Å². The number of carbonyl (C=O) groups is 1. The maximum atomic E-state index is 11.6. The highest BCUT2D eigenvalue weighted by molar-refractivity contribution is 5.69. The Morgan fingerprint density at radius 3 is 2.61 bits per heavy atom. The molecule has 0 spiro atoms. The van der Waals surface area contributed by atoms with Crippen LogP contribution >= 0.6 is 0 Å². The summed E-state index contributed by atoms with van der Waals surface area (Å²) in [5.41, 5.74) is 0. The van der Waals surface area contributed by atoms with Crippen LogP contribution in [0.1, 0.15) is 64.7 Å². The molecule has 1 saturated heterocycles. The molecule has 5 unspecified atom stereocenters. The molecule has 0 aromatic rings. The zero-order valence-electron chi connectivity index (χ0n) is 18.4. The summed E-state index contributed by atoms with van der Waals surface area (Å²) in [6.45, 7) is 1.39. The predicted molar refractivity (Wildman–Crippen MR) is 114 cm³/mol. The summed E-state index contributed by atoms with van der Waals surface area (Å²) in [5, 5.41) is 27.0. The quantitative estimate of drug-likeness (QED) is 0.110. The zero-order valence-corrected chi connectivity index (χ0v) is 18.4. The van der Waals surface area contributed by atoms with Gasteiger partial charge in [-0.05, 0) is 25.7 Å². The maximum Gasteiger partial charge on any atom is 0.306 e. The molecule has 5 atom stereocenters. The molecule has 31 heavy (non-hydrogen) atoms. The zero-order chi connectivity index (χ0) is 22.5. The second kappa shape index (κ2) is 14.7. The molecule has 0 amide bonds. The second-order valence-electron chi connectivity index (χ2n) is 8.35. The average molecular weight is 443 g/mol. The number of ether oxygens (including phenoxy) is 1. The molecule has 0 radical (unpaired) electrons. The number of unbranched alkanes of at least 4 members (excludes halogenated alkanes) is 3. The van der Waals surface area contributed by atoms with E-state index in [4.69, 9.17) is 30.0 Å². The third kappa shape index (κ3) is 8.63. The topological polar surface area (TPSA) is 115 Å². The Bertz CT molecular complexity index is 560. The third-order valence-electron chi connectivity index (χ3n) is 5.98. The molecule has 1 saturated carbocycles. The summed E-state index contributed by atoms with van der Waals surface area (Å²) in [5.74, 6) is 0.113. The Labute approximate surface area is 184 Å². The molecule has 2 fully saturated rings. The van der Waals surface area contributed by atoms with Crippen molar-refractivity contribution >= 4 is 5.97 Å². The van der Waals surface area contributed by atoms with Crippen LogP contribution in [-0.4, -0.2) is 59.1 Å². The van der Waals surface area contributed by atoms with Crippen LogP contribution < -0.4 is 0 Å². The van der Waals surface area contributed by atoms with Crippen molar-refractivity contribution in [2.45, 2.75) is 89.1 Å². The summed E-state index contributed by atoms with van der Waals surface area (Å²) in [4.78, 5) is 27.1. The molecule has 2 aliphatic rings. The van der Waals surface area contributed by atoms with Gasteiger partial charge in [-0.15, -0.1) is 0 Å². The number of aliphatic hydroxyl groups excluding tert-OH is 2. The average Bonchev–Trinajstić information content (AvgIpc) is 3.38. The van der Waals surface area contributed by atoms with Crippen molar-refractivity contribution in [1.82, 2.24) is 0 Å². The van der Waals surface area contributed by atoms with Crippen molar-refractivity contribution in [2.75, 3.05) is 13.2 Å². The minimum absolute atomic E-state index is 0.0374. The SMILES string of the molecule is CCCCCC(C=CC1C2CC(OO2)C1CC=CCCCC(=O)OC(CO)CO)OO. The van der Waals surface area contributed by atoms with E-state index in [-0.39, 0.29) is 43.9 Å². The lowest BCUT2D eigenvalue weighted by atomic mass is 9.89. The molecule has 2 bridgehead atoms. The van der Waals surface area contributed by atoms with Crippen molar-refractivity contribution in [2.24, 2.45) is 11.8 Å². The van der Waals surface area contributed by atoms with E-state index in [9.17, 15) is 4.79 Å². The van der Waals surface area contributed by atoms with Crippen molar-refractivity contribution in [3.8, 4) is 0 Å². The first-order valence-electron chi connectivity index (χ1n) is 11.5. The first-order valence-corrected chi connectivity index (χ1v) is 11.5. The molecule has 1 heterocycles. The first kappa shape index (κ1) is 26.0. The van der Waals surface area contributed by atoms with E-state index in [0.717, 1.165) is 44.9 Å². The number of aliphatic hydroxyl groups is 2. The molecule has 178 valence electrons. The first-order chi connectivity index (χ1) is 15.1. The minimum atomic E-state index is -0.837. The highest BCUT2D eigenvalue weighted by atomic mass is 17.2. The normalized spacial score (nSPS) is 26.5. The monoisotopic (exact) mass is 442 g/mol. The van der Waals surface area contributed by atoms with E-state index in [1.54, 1.807) is 0 Å². The Balaban J connectivity index is 1.74. The maximum absolute atomic E-state index is 11.6. The number of rotatable bonds is 16. The summed E-state index contributed by atoms with van der Waals surface area (Å²) >= 11 is 0. The second-order valence-corrected chi connectivity index (χ2v) is 8.35. The minimum Gasteiger partial charge on any atom is -0.457 e. The highest BCUT2D eigenvalue weighted by Crippen LogP contribution is 2.45. The molecule has 8 heteroatoms. The van der Waals surface area contributed by atoms with Gasteiger partial charge in [0.25, 0.3) is 0 Å². The van der Waals surface area contributed by atoms with Crippen LogP contribution in [0, 0.1) is 11.8 Å². The Hall–Kier alpha value is -1.29. The summed E-state index contributed by atoms with van der Waals surface area (Å²) in [6.07, 6.45) is 14.6. The van der Waals surface area contributed by atoms with Gasteiger partial charge in [-0.1, -0.05) is 50.5 Å². The van der Waals surface area contributed by atoms with Gasteiger partial charge < -0.3 is 14.9 Å². The number of hydrogen-bond donors (Lipinski definition) is 3. The Morgan fingerprint density at radius 1 is 1.13 bits per heavy atom. The van der Waals surface area contributed by atoms with E-state index < -0.39 is 12.1 Å². The fraction of sp³-hybridized carbons (Fsp3) is 0.783. The Kier molecular flexibility index (Phi) is 12.3. The summed E-state index contributed by atoms with van der Waals surface area (Å²) in [6, 6.07) is 0. The molecule has 1 aliphatic carbocycles. The molecule has 1 aliphatic heterocycles. The van der Waals surface area contributed by atoms with E-state index in [1.807, 2.05) is 6.08 Å².